The molecule has 0 aromatic carbocycles. The molecule has 106 valence electrons. The first-order valence-corrected chi connectivity index (χ1v) is 8.46. The minimum atomic E-state index is -3.35. The predicted octanol–water partition coefficient (Wildman–Crippen LogP) is 1.16. The van der Waals surface area contributed by atoms with Crippen LogP contribution in [0.15, 0.2) is 16.3 Å². The molecule has 0 radical (unpaired) electrons. The minimum Gasteiger partial charge on any atom is -0.349 e. The standard InChI is InChI=1S/C12H18N2O3S2/c1-13(2)11(15)9-10-5-6-12(18-10)19(16,17)14-7-3-4-8-14/h5-6H,3-4,7-9H2,1-2H3. The van der Waals surface area contributed by atoms with Crippen LogP contribution in [0, 0.1) is 0 Å². The molecule has 2 heterocycles. The molecule has 1 amide bonds. The maximum absolute atomic E-state index is 12.3. The Morgan fingerprint density at radius 3 is 2.53 bits per heavy atom. The van der Waals surface area contributed by atoms with Gasteiger partial charge in [0, 0.05) is 32.1 Å². The number of hydrogen-bond donors (Lipinski definition) is 0. The summed E-state index contributed by atoms with van der Waals surface area (Å²) in [4.78, 5) is 13.9. The van der Waals surface area contributed by atoms with Gasteiger partial charge < -0.3 is 4.90 Å². The van der Waals surface area contributed by atoms with E-state index in [0.29, 0.717) is 17.3 Å². The highest BCUT2D eigenvalue weighted by Gasteiger charge is 2.28. The zero-order valence-corrected chi connectivity index (χ0v) is 12.8. The lowest BCUT2D eigenvalue weighted by atomic mass is 10.3. The Labute approximate surface area is 117 Å². The molecule has 0 saturated carbocycles. The molecule has 0 atom stereocenters. The highest BCUT2D eigenvalue weighted by Crippen LogP contribution is 2.27. The van der Waals surface area contributed by atoms with E-state index in [4.69, 9.17) is 0 Å². The molecule has 19 heavy (non-hydrogen) atoms. The van der Waals surface area contributed by atoms with Crippen LogP contribution < -0.4 is 0 Å². The van der Waals surface area contributed by atoms with Crippen LogP contribution in [0.4, 0.5) is 0 Å². The second-order valence-electron chi connectivity index (χ2n) is 4.80. The van der Waals surface area contributed by atoms with Gasteiger partial charge in [-0.15, -0.1) is 11.3 Å². The number of hydrogen-bond acceptors (Lipinski definition) is 4. The van der Waals surface area contributed by atoms with Crippen LogP contribution in [0.2, 0.25) is 0 Å². The maximum atomic E-state index is 12.3. The van der Waals surface area contributed by atoms with E-state index in [1.54, 1.807) is 26.2 Å². The SMILES string of the molecule is CN(C)C(=O)Cc1ccc(S(=O)(=O)N2CCCC2)s1. The Morgan fingerprint density at radius 2 is 1.95 bits per heavy atom. The van der Waals surface area contributed by atoms with Gasteiger partial charge in [-0.1, -0.05) is 0 Å². The number of rotatable bonds is 4. The third-order valence-electron chi connectivity index (χ3n) is 3.12. The lowest BCUT2D eigenvalue weighted by molar-refractivity contribution is -0.127. The molecule has 1 aromatic heterocycles. The van der Waals surface area contributed by atoms with Crippen molar-refractivity contribution in [3.8, 4) is 0 Å². The lowest BCUT2D eigenvalue weighted by Crippen LogP contribution is -2.27. The molecular weight excluding hydrogens is 284 g/mol. The molecule has 0 unspecified atom stereocenters. The second-order valence-corrected chi connectivity index (χ2v) is 8.13. The maximum Gasteiger partial charge on any atom is 0.252 e. The zero-order valence-electron chi connectivity index (χ0n) is 11.1. The Morgan fingerprint density at radius 1 is 1.32 bits per heavy atom. The molecule has 0 aliphatic carbocycles. The molecule has 0 N–H and O–H groups in total. The Bertz CT molecular complexity index is 557. The van der Waals surface area contributed by atoms with Gasteiger partial charge in [0.05, 0.1) is 6.42 Å². The third kappa shape index (κ3) is 3.16. The summed E-state index contributed by atoms with van der Waals surface area (Å²) in [5, 5.41) is 0. The highest BCUT2D eigenvalue weighted by atomic mass is 32.2. The van der Waals surface area contributed by atoms with Crippen LogP contribution in [0.1, 0.15) is 17.7 Å². The van der Waals surface area contributed by atoms with Gasteiger partial charge in [-0.25, -0.2) is 8.42 Å². The van der Waals surface area contributed by atoms with Gasteiger partial charge in [-0.3, -0.25) is 4.79 Å². The van der Waals surface area contributed by atoms with Crippen LogP contribution in [-0.2, 0) is 21.2 Å². The molecule has 5 nitrogen and oxygen atoms in total. The zero-order chi connectivity index (χ0) is 14.0. The predicted molar refractivity (Wildman–Crippen MR) is 74.7 cm³/mol. The minimum absolute atomic E-state index is 0.0213. The molecule has 1 fully saturated rings. The van der Waals surface area contributed by atoms with E-state index < -0.39 is 10.0 Å². The molecule has 1 saturated heterocycles. The first-order valence-electron chi connectivity index (χ1n) is 6.20. The van der Waals surface area contributed by atoms with E-state index in [9.17, 15) is 13.2 Å². The van der Waals surface area contributed by atoms with Crippen LogP contribution in [0.25, 0.3) is 0 Å². The van der Waals surface area contributed by atoms with Crippen molar-refractivity contribution in [2.45, 2.75) is 23.5 Å². The summed E-state index contributed by atoms with van der Waals surface area (Å²) in [5.41, 5.74) is 0. The average molecular weight is 302 g/mol. The van der Waals surface area contributed by atoms with Crippen molar-refractivity contribution in [1.82, 2.24) is 9.21 Å². The number of nitrogens with zero attached hydrogens (tertiary/aromatic N) is 2. The smallest absolute Gasteiger partial charge is 0.252 e. The highest BCUT2D eigenvalue weighted by molar-refractivity contribution is 7.91. The van der Waals surface area contributed by atoms with E-state index in [2.05, 4.69) is 0 Å². The number of carbonyl (C=O) groups excluding carboxylic acids is 1. The molecular formula is C12H18N2O3S2. The van der Waals surface area contributed by atoms with E-state index >= 15 is 0 Å². The van der Waals surface area contributed by atoms with Gasteiger partial charge in [-0.05, 0) is 25.0 Å². The second kappa shape index (κ2) is 5.60. The monoisotopic (exact) mass is 302 g/mol. The number of sulfonamides is 1. The molecule has 2 rings (SSSR count). The van der Waals surface area contributed by atoms with E-state index in [-0.39, 0.29) is 12.3 Å². The fourth-order valence-electron chi connectivity index (χ4n) is 1.95. The van der Waals surface area contributed by atoms with Crippen molar-refractivity contribution in [3.05, 3.63) is 17.0 Å². The first-order chi connectivity index (χ1) is 8.91. The quantitative estimate of drug-likeness (QED) is 0.839. The normalized spacial score (nSPS) is 16.7. The topological polar surface area (TPSA) is 57.7 Å². The van der Waals surface area contributed by atoms with Gasteiger partial charge in [0.15, 0.2) is 0 Å². The summed E-state index contributed by atoms with van der Waals surface area (Å²) < 4.78 is 26.5. The molecule has 7 heteroatoms. The summed E-state index contributed by atoms with van der Waals surface area (Å²) in [5.74, 6) is -0.0213. The van der Waals surface area contributed by atoms with Crippen molar-refractivity contribution in [1.29, 1.82) is 0 Å². The number of likely N-dealkylation sites (N-methyl/N-ethyl adjacent to an activating group) is 1. The Kier molecular flexibility index (Phi) is 4.27. The van der Waals surface area contributed by atoms with E-state index in [1.807, 2.05) is 0 Å². The fourth-order valence-corrected chi connectivity index (χ4v) is 4.97. The van der Waals surface area contributed by atoms with Crippen LogP contribution >= 0.6 is 11.3 Å². The van der Waals surface area contributed by atoms with E-state index in [1.165, 1.54) is 20.5 Å². The fraction of sp³-hybridized carbons (Fsp3) is 0.583. The summed E-state index contributed by atoms with van der Waals surface area (Å²) in [6.07, 6.45) is 2.11. The van der Waals surface area contributed by atoms with Gasteiger partial charge in [0.25, 0.3) is 10.0 Å². The van der Waals surface area contributed by atoms with Crippen LogP contribution in [0.3, 0.4) is 0 Å². The summed E-state index contributed by atoms with van der Waals surface area (Å²) in [6, 6.07) is 3.34. The van der Waals surface area contributed by atoms with Crippen molar-refractivity contribution in [2.75, 3.05) is 27.2 Å². The summed E-state index contributed by atoms with van der Waals surface area (Å²) in [6.45, 7) is 1.21. The van der Waals surface area contributed by atoms with Gasteiger partial charge in [-0.2, -0.15) is 4.31 Å². The van der Waals surface area contributed by atoms with Crippen molar-refractivity contribution < 1.29 is 13.2 Å². The number of carbonyl (C=O) groups is 1. The number of thiophene rings is 1. The summed E-state index contributed by atoms with van der Waals surface area (Å²) in [7, 11) is 0.0376. The van der Waals surface area contributed by atoms with Crippen LogP contribution in [-0.4, -0.2) is 50.7 Å². The Balaban J connectivity index is 2.14. The summed E-state index contributed by atoms with van der Waals surface area (Å²) >= 11 is 1.20. The van der Waals surface area contributed by atoms with E-state index in [0.717, 1.165) is 17.7 Å². The van der Waals surface area contributed by atoms with Crippen molar-refractivity contribution >= 4 is 27.3 Å². The Hall–Kier alpha value is -0.920. The van der Waals surface area contributed by atoms with Crippen molar-refractivity contribution in [3.63, 3.8) is 0 Å². The van der Waals surface area contributed by atoms with Gasteiger partial charge >= 0.3 is 0 Å². The molecule has 1 aliphatic heterocycles. The third-order valence-corrected chi connectivity index (χ3v) is 6.57. The van der Waals surface area contributed by atoms with Crippen molar-refractivity contribution in [2.24, 2.45) is 0 Å². The number of amides is 1. The van der Waals surface area contributed by atoms with Gasteiger partial charge in [0.2, 0.25) is 5.91 Å². The lowest BCUT2D eigenvalue weighted by Gasteiger charge is -2.13. The molecule has 0 spiro atoms. The van der Waals surface area contributed by atoms with Gasteiger partial charge in [0.1, 0.15) is 4.21 Å². The first kappa shape index (κ1) is 14.5. The van der Waals surface area contributed by atoms with Crippen LogP contribution in [0.5, 0.6) is 0 Å². The molecule has 0 bridgehead atoms. The largest absolute Gasteiger partial charge is 0.349 e. The molecule has 1 aliphatic rings. The average Bonchev–Trinajstić information content (AvgIpc) is 2.99. The molecule has 1 aromatic rings.